The Hall–Kier alpha value is -1.11. The Morgan fingerprint density at radius 3 is 2.63 bits per heavy atom. The summed E-state index contributed by atoms with van der Waals surface area (Å²) in [5.41, 5.74) is 7.07. The lowest BCUT2D eigenvalue weighted by Gasteiger charge is -2.18. The summed E-state index contributed by atoms with van der Waals surface area (Å²) >= 11 is 0. The molecule has 0 radical (unpaired) electrons. The molecule has 0 aliphatic heterocycles. The van der Waals surface area contributed by atoms with Crippen LogP contribution in [0.1, 0.15) is 31.7 Å². The summed E-state index contributed by atoms with van der Waals surface area (Å²) in [6, 6.07) is 7.45. The van der Waals surface area contributed by atoms with Crippen LogP contribution in [0.15, 0.2) is 24.3 Å². The highest BCUT2D eigenvalue weighted by Crippen LogP contribution is 2.19. The molecule has 0 saturated carbocycles. The first-order chi connectivity index (χ1) is 8.86. The van der Waals surface area contributed by atoms with E-state index < -0.39 is 10.2 Å². The van der Waals surface area contributed by atoms with Crippen molar-refractivity contribution in [3.8, 4) is 0 Å². The Balaban J connectivity index is 2.80. The molecule has 0 saturated heterocycles. The monoisotopic (exact) mass is 285 g/mol. The summed E-state index contributed by atoms with van der Waals surface area (Å²) in [6.45, 7) is 5.03. The van der Waals surface area contributed by atoms with Crippen LogP contribution in [0.5, 0.6) is 0 Å². The van der Waals surface area contributed by atoms with Crippen molar-refractivity contribution in [1.29, 1.82) is 0 Å². The number of anilines is 1. The van der Waals surface area contributed by atoms with E-state index in [2.05, 4.69) is 18.6 Å². The highest BCUT2D eigenvalue weighted by Gasteiger charge is 2.17. The highest BCUT2D eigenvalue weighted by atomic mass is 32.2. The molecule has 0 spiro atoms. The first-order valence-corrected chi connectivity index (χ1v) is 7.85. The van der Waals surface area contributed by atoms with Crippen molar-refractivity contribution in [1.82, 2.24) is 4.31 Å². The molecule has 0 atom stereocenters. The van der Waals surface area contributed by atoms with E-state index in [1.165, 1.54) is 4.31 Å². The molecule has 5 nitrogen and oxygen atoms in total. The van der Waals surface area contributed by atoms with Crippen LogP contribution < -0.4 is 10.5 Å². The van der Waals surface area contributed by atoms with E-state index in [0.29, 0.717) is 31.1 Å². The number of benzene rings is 1. The van der Waals surface area contributed by atoms with Crippen LogP contribution in [0, 0.1) is 0 Å². The zero-order valence-corrected chi connectivity index (χ0v) is 12.6. The predicted molar refractivity (Wildman–Crippen MR) is 79.4 cm³/mol. The molecule has 0 aromatic heterocycles. The molecule has 108 valence electrons. The largest absolute Gasteiger partial charge is 0.330 e. The molecule has 0 unspecified atom stereocenters. The summed E-state index contributed by atoms with van der Waals surface area (Å²) < 4.78 is 28.0. The van der Waals surface area contributed by atoms with Gasteiger partial charge in [-0.2, -0.15) is 12.7 Å². The lowest BCUT2D eigenvalue weighted by atomic mass is 10.0. The van der Waals surface area contributed by atoms with Crippen molar-refractivity contribution in [3.05, 3.63) is 29.8 Å². The van der Waals surface area contributed by atoms with E-state index in [1.54, 1.807) is 13.1 Å². The van der Waals surface area contributed by atoms with Crippen LogP contribution in [0.3, 0.4) is 0 Å². The van der Waals surface area contributed by atoms with E-state index in [-0.39, 0.29) is 0 Å². The normalized spacial score (nSPS) is 12.1. The number of hydrogen-bond acceptors (Lipinski definition) is 3. The van der Waals surface area contributed by atoms with Crippen LogP contribution in [-0.2, 0) is 10.2 Å². The van der Waals surface area contributed by atoms with Crippen LogP contribution in [0.25, 0.3) is 0 Å². The SMILES string of the molecule is CC(C)c1cccc(NS(=O)(=O)N(C)CCCN)c1. The zero-order valence-electron chi connectivity index (χ0n) is 11.8. The smallest absolute Gasteiger partial charge is 0.301 e. The van der Waals surface area contributed by atoms with Crippen molar-refractivity contribution in [2.45, 2.75) is 26.2 Å². The van der Waals surface area contributed by atoms with E-state index in [4.69, 9.17) is 5.73 Å². The second-order valence-corrected chi connectivity index (χ2v) is 6.63. The summed E-state index contributed by atoms with van der Waals surface area (Å²) in [5.74, 6) is 0.361. The molecule has 3 N–H and O–H groups in total. The van der Waals surface area contributed by atoms with Gasteiger partial charge in [0.1, 0.15) is 0 Å². The number of nitrogens with zero attached hydrogens (tertiary/aromatic N) is 1. The molecule has 0 fully saturated rings. The van der Waals surface area contributed by atoms with E-state index in [0.717, 1.165) is 5.56 Å². The summed E-state index contributed by atoms with van der Waals surface area (Å²) in [4.78, 5) is 0. The van der Waals surface area contributed by atoms with E-state index in [1.807, 2.05) is 18.2 Å². The van der Waals surface area contributed by atoms with Crippen molar-refractivity contribution < 1.29 is 8.42 Å². The molecule has 6 heteroatoms. The number of nitrogens with one attached hydrogen (secondary N) is 1. The second kappa shape index (κ2) is 6.88. The van der Waals surface area contributed by atoms with Crippen molar-refractivity contribution >= 4 is 15.9 Å². The predicted octanol–water partition coefficient (Wildman–Crippen LogP) is 1.75. The van der Waals surface area contributed by atoms with Gasteiger partial charge in [-0.25, -0.2) is 0 Å². The first-order valence-electron chi connectivity index (χ1n) is 6.41. The van der Waals surface area contributed by atoms with Gasteiger partial charge in [-0.3, -0.25) is 4.72 Å². The van der Waals surface area contributed by atoms with Gasteiger partial charge in [0.15, 0.2) is 0 Å². The molecule has 0 heterocycles. The fourth-order valence-corrected chi connectivity index (χ4v) is 2.57. The van der Waals surface area contributed by atoms with Gasteiger partial charge >= 0.3 is 10.2 Å². The average molecular weight is 285 g/mol. The number of hydrogen-bond donors (Lipinski definition) is 2. The second-order valence-electron chi connectivity index (χ2n) is 4.85. The molecule has 1 aromatic carbocycles. The zero-order chi connectivity index (χ0) is 14.5. The minimum atomic E-state index is -3.50. The van der Waals surface area contributed by atoms with Crippen LogP contribution >= 0.6 is 0 Å². The van der Waals surface area contributed by atoms with E-state index in [9.17, 15) is 8.42 Å². The average Bonchev–Trinajstić information content (AvgIpc) is 2.35. The maximum absolute atomic E-state index is 12.1. The van der Waals surface area contributed by atoms with Gasteiger partial charge in [-0.05, 0) is 36.6 Å². The Labute approximate surface area is 116 Å². The van der Waals surface area contributed by atoms with Gasteiger partial charge in [0.25, 0.3) is 0 Å². The number of nitrogens with two attached hydrogens (primary N) is 1. The molecule has 0 aliphatic rings. The van der Waals surface area contributed by atoms with Crippen LogP contribution in [0.4, 0.5) is 5.69 Å². The topological polar surface area (TPSA) is 75.4 Å². The molecule has 19 heavy (non-hydrogen) atoms. The van der Waals surface area contributed by atoms with Gasteiger partial charge < -0.3 is 5.73 Å². The lowest BCUT2D eigenvalue weighted by molar-refractivity contribution is 0.468. The minimum absolute atomic E-state index is 0.361. The van der Waals surface area contributed by atoms with Crippen LogP contribution in [0.2, 0.25) is 0 Å². The standard InChI is InChI=1S/C13H23N3O2S/c1-11(2)12-6-4-7-13(10-12)15-19(17,18)16(3)9-5-8-14/h4,6-7,10-11,15H,5,8-9,14H2,1-3H3. The Morgan fingerprint density at radius 1 is 1.37 bits per heavy atom. The molecule has 1 rings (SSSR count). The van der Waals surface area contributed by atoms with Gasteiger partial charge in [0.2, 0.25) is 0 Å². The number of rotatable bonds is 7. The fourth-order valence-electron chi connectivity index (χ4n) is 1.62. The van der Waals surface area contributed by atoms with Gasteiger partial charge in [0.05, 0.1) is 5.69 Å². The Bertz CT molecular complexity index is 500. The van der Waals surface area contributed by atoms with Gasteiger partial charge in [-0.15, -0.1) is 0 Å². The molecular formula is C13H23N3O2S. The lowest BCUT2D eigenvalue weighted by Crippen LogP contribution is -2.34. The first kappa shape index (κ1) is 15.9. The third-order valence-electron chi connectivity index (χ3n) is 2.89. The third-order valence-corrected chi connectivity index (χ3v) is 4.38. The maximum atomic E-state index is 12.1. The van der Waals surface area contributed by atoms with E-state index >= 15 is 0 Å². The van der Waals surface area contributed by atoms with Crippen LogP contribution in [-0.4, -0.2) is 32.9 Å². The molecule has 1 aromatic rings. The minimum Gasteiger partial charge on any atom is -0.330 e. The quantitative estimate of drug-likeness (QED) is 0.801. The summed E-state index contributed by atoms with van der Waals surface area (Å²) in [5, 5.41) is 0. The van der Waals surface area contributed by atoms with Crippen molar-refractivity contribution in [2.75, 3.05) is 24.9 Å². The fraction of sp³-hybridized carbons (Fsp3) is 0.538. The molecular weight excluding hydrogens is 262 g/mol. The van der Waals surface area contributed by atoms with Crippen molar-refractivity contribution in [2.24, 2.45) is 5.73 Å². The Morgan fingerprint density at radius 2 is 2.05 bits per heavy atom. The summed E-state index contributed by atoms with van der Waals surface area (Å²) in [6.07, 6.45) is 0.642. The Kier molecular flexibility index (Phi) is 5.78. The molecule has 0 aliphatic carbocycles. The maximum Gasteiger partial charge on any atom is 0.301 e. The van der Waals surface area contributed by atoms with Gasteiger partial charge in [0, 0.05) is 13.6 Å². The summed E-state index contributed by atoms with van der Waals surface area (Å²) in [7, 11) is -1.95. The van der Waals surface area contributed by atoms with Gasteiger partial charge in [-0.1, -0.05) is 26.0 Å². The molecule has 0 bridgehead atoms. The third kappa shape index (κ3) is 4.81. The highest BCUT2D eigenvalue weighted by molar-refractivity contribution is 7.90. The van der Waals surface area contributed by atoms with Crippen molar-refractivity contribution in [3.63, 3.8) is 0 Å². The molecule has 0 amide bonds.